The smallest absolute Gasteiger partial charge is 0.306 e. The van der Waals surface area contributed by atoms with Crippen molar-refractivity contribution in [3.05, 3.63) is 36.0 Å². The van der Waals surface area contributed by atoms with Crippen LogP contribution in [0.4, 0.5) is 0 Å². The maximum atomic E-state index is 12.3. The maximum Gasteiger partial charge on any atom is 0.306 e. The number of esters is 1. The molecule has 0 spiro atoms. The van der Waals surface area contributed by atoms with Gasteiger partial charge in [-0.2, -0.15) is 0 Å². The molecule has 178 valence electrons. The topological polar surface area (TPSA) is 107 Å². The van der Waals surface area contributed by atoms with Gasteiger partial charge in [0.05, 0.1) is 24.4 Å². The number of hydrogen-bond donors (Lipinski definition) is 4. The summed E-state index contributed by atoms with van der Waals surface area (Å²) in [7, 11) is 0. The van der Waals surface area contributed by atoms with E-state index >= 15 is 0 Å². The van der Waals surface area contributed by atoms with Crippen LogP contribution >= 0.6 is 0 Å². The summed E-state index contributed by atoms with van der Waals surface area (Å²) in [6.45, 7) is 11.7. The van der Waals surface area contributed by atoms with Gasteiger partial charge in [0, 0.05) is 19.3 Å². The summed E-state index contributed by atoms with van der Waals surface area (Å²) in [6.07, 6.45) is 4.59. The van der Waals surface area contributed by atoms with Crippen LogP contribution in [0.1, 0.15) is 84.5 Å². The molecular weight excluding hydrogens is 396 g/mol. The van der Waals surface area contributed by atoms with E-state index in [9.17, 15) is 25.2 Å². The van der Waals surface area contributed by atoms with Crippen LogP contribution in [0, 0.1) is 0 Å². The fraction of sp³-hybridized carbons (Fsp3) is 0.720. The van der Waals surface area contributed by atoms with Crippen LogP contribution in [-0.4, -0.2) is 56.9 Å². The Kier molecular flexibility index (Phi) is 13.0. The van der Waals surface area contributed by atoms with Crippen molar-refractivity contribution in [2.75, 3.05) is 0 Å². The number of cyclic esters (lactones) is 1. The normalized spacial score (nSPS) is 28.1. The van der Waals surface area contributed by atoms with E-state index in [1.807, 2.05) is 6.92 Å². The van der Waals surface area contributed by atoms with E-state index in [0.29, 0.717) is 57.8 Å². The molecule has 4 N–H and O–H groups in total. The lowest BCUT2D eigenvalue weighted by Gasteiger charge is -2.22. The second kappa shape index (κ2) is 14.6. The van der Waals surface area contributed by atoms with Crippen LogP contribution in [0.5, 0.6) is 0 Å². The third-order valence-electron chi connectivity index (χ3n) is 5.45. The highest BCUT2D eigenvalue weighted by atomic mass is 16.5. The molecule has 1 aliphatic rings. The first-order valence-corrected chi connectivity index (χ1v) is 11.5. The Morgan fingerprint density at radius 2 is 1.97 bits per heavy atom. The molecule has 0 radical (unpaired) electrons. The molecule has 6 nitrogen and oxygen atoms in total. The van der Waals surface area contributed by atoms with Gasteiger partial charge in [0.1, 0.15) is 6.10 Å². The zero-order valence-corrected chi connectivity index (χ0v) is 19.3. The van der Waals surface area contributed by atoms with E-state index in [1.165, 1.54) is 0 Å². The van der Waals surface area contributed by atoms with Crippen LogP contribution in [0.15, 0.2) is 36.0 Å². The highest BCUT2D eigenvalue weighted by Gasteiger charge is 2.20. The van der Waals surface area contributed by atoms with Gasteiger partial charge >= 0.3 is 5.97 Å². The largest absolute Gasteiger partial charge is 0.462 e. The van der Waals surface area contributed by atoms with Crippen molar-refractivity contribution in [1.82, 2.24) is 0 Å². The molecule has 0 fully saturated rings. The molecule has 0 saturated heterocycles. The SMILES string of the molecule is C=C(CCC[C@@H](O)C[C@H](C)O)C[C@@H]1CC(=C)C[C@H](O)C/C(C)=C/[C@@H](O)CCCC(=O)O1. The molecule has 0 amide bonds. The molecule has 6 heteroatoms. The molecule has 0 saturated carbocycles. The van der Waals surface area contributed by atoms with E-state index < -0.39 is 24.4 Å². The van der Waals surface area contributed by atoms with Crippen molar-refractivity contribution < 1.29 is 30.0 Å². The van der Waals surface area contributed by atoms with Crippen LogP contribution in [-0.2, 0) is 9.53 Å². The number of ether oxygens (including phenoxy) is 1. The molecule has 5 atom stereocenters. The Hall–Kier alpha value is -1.47. The summed E-state index contributed by atoms with van der Waals surface area (Å²) < 4.78 is 5.69. The number of carbonyl (C=O) groups is 1. The fourth-order valence-electron chi connectivity index (χ4n) is 4.04. The quantitative estimate of drug-likeness (QED) is 0.340. The van der Waals surface area contributed by atoms with E-state index in [4.69, 9.17) is 4.74 Å². The van der Waals surface area contributed by atoms with E-state index in [0.717, 1.165) is 23.1 Å². The standard InChI is InChI=1S/C25H42O6/c1-17(7-5-8-22(28)16-20(4)26)14-24-15-19(3)13-23(29)12-18(2)11-21(27)9-6-10-25(30)31-24/h11,20-24,26-29H,1,3,5-10,12-16H2,2,4H3/b18-11+/t20-,21-,22+,23+,24+/m0/s1. The van der Waals surface area contributed by atoms with Gasteiger partial charge in [-0.25, -0.2) is 0 Å². The minimum atomic E-state index is -0.633. The molecule has 0 unspecified atom stereocenters. The van der Waals surface area contributed by atoms with Gasteiger partial charge in [-0.1, -0.05) is 36.0 Å². The van der Waals surface area contributed by atoms with Crippen molar-refractivity contribution in [2.45, 2.75) is 115 Å². The second-order valence-electron chi connectivity index (χ2n) is 9.19. The molecular formula is C25H42O6. The van der Waals surface area contributed by atoms with Crippen LogP contribution < -0.4 is 0 Å². The minimum Gasteiger partial charge on any atom is -0.462 e. The summed E-state index contributed by atoms with van der Waals surface area (Å²) in [4.78, 5) is 12.3. The first-order valence-electron chi connectivity index (χ1n) is 11.5. The summed E-state index contributed by atoms with van der Waals surface area (Å²) in [5, 5.41) is 39.7. The predicted molar refractivity (Wildman–Crippen MR) is 122 cm³/mol. The van der Waals surface area contributed by atoms with Gasteiger partial charge in [-0.05, 0) is 65.2 Å². The molecule has 0 aromatic rings. The highest BCUT2D eigenvalue weighted by molar-refractivity contribution is 5.69. The predicted octanol–water partition coefficient (Wildman–Crippen LogP) is 3.73. The number of aliphatic hydroxyl groups is 4. The van der Waals surface area contributed by atoms with E-state index in [-0.39, 0.29) is 18.5 Å². The number of carbonyl (C=O) groups excluding carboxylic acids is 1. The summed E-state index contributed by atoms with van der Waals surface area (Å²) >= 11 is 0. The van der Waals surface area contributed by atoms with E-state index in [2.05, 4.69) is 13.2 Å². The average molecular weight is 439 g/mol. The van der Waals surface area contributed by atoms with Crippen molar-refractivity contribution in [3.63, 3.8) is 0 Å². The Morgan fingerprint density at radius 1 is 1.26 bits per heavy atom. The minimum absolute atomic E-state index is 0.244. The van der Waals surface area contributed by atoms with Crippen LogP contribution in [0.25, 0.3) is 0 Å². The van der Waals surface area contributed by atoms with Crippen molar-refractivity contribution >= 4 is 5.97 Å². The Balaban J connectivity index is 2.66. The van der Waals surface area contributed by atoms with Gasteiger partial charge in [-0.15, -0.1) is 0 Å². The van der Waals surface area contributed by atoms with Gasteiger partial charge in [0.15, 0.2) is 0 Å². The van der Waals surface area contributed by atoms with Gasteiger partial charge in [0.2, 0.25) is 0 Å². The Labute approximate surface area is 187 Å². The van der Waals surface area contributed by atoms with Crippen LogP contribution in [0.3, 0.4) is 0 Å². The second-order valence-corrected chi connectivity index (χ2v) is 9.19. The lowest BCUT2D eigenvalue weighted by molar-refractivity contribution is -0.149. The van der Waals surface area contributed by atoms with Gasteiger partial charge in [-0.3, -0.25) is 4.79 Å². The third kappa shape index (κ3) is 13.5. The zero-order valence-electron chi connectivity index (χ0n) is 19.3. The maximum absolute atomic E-state index is 12.3. The van der Waals surface area contributed by atoms with Crippen LogP contribution in [0.2, 0.25) is 0 Å². The number of hydrogen-bond acceptors (Lipinski definition) is 6. The lowest BCUT2D eigenvalue weighted by Crippen LogP contribution is -2.21. The Morgan fingerprint density at radius 3 is 2.65 bits per heavy atom. The molecule has 1 heterocycles. The van der Waals surface area contributed by atoms with Gasteiger partial charge < -0.3 is 25.2 Å². The number of rotatable bonds is 8. The highest BCUT2D eigenvalue weighted by Crippen LogP contribution is 2.24. The molecule has 0 aromatic carbocycles. The molecule has 0 aliphatic carbocycles. The van der Waals surface area contributed by atoms with Crippen molar-refractivity contribution in [1.29, 1.82) is 0 Å². The lowest BCUT2D eigenvalue weighted by atomic mass is 9.94. The molecule has 31 heavy (non-hydrogen) atoms. The van der Waals surface area contributed by atoms with Crippen molar-refractivity contribution in [3.8, 4) is 0 Å². The number of aliphatic hydroxyl groups excluding tert-OH is 4. The molecule has 1 aliphatic heterocycles. The van der Waals surface area contributed by atoms with Crippen molar-refractivity contribution in [2.24, 2.45) is 0 Å². The van der Waals surface area contributed by atoms with E-state index in [1.54, 1.807) is 13.0 Å². The van der Waals surface area contributed by atoms with Gasteiger partial charge in [0.25, 0.3) is 0 Å². The Bertz CT molecular complexity index is 609. The summed E-state index contributed by atoms with van der Waals surface area (Å²) in [5.74, 6) is -0.302. The summed E-state index contributed by atoms with van der Waals surface area (Å²) in [5.41, 5.74) is 2.68. The fourth-order valence-corrected chi connectivity index (χ4v) is 4.04. The average Bonchev–Trinajstić information content (AvgIpc) is 2.59. The first-order chi connectivity index (χ1) is 14.5. The third-order valence-corrected chi connectivity index (χ3v) is 5.45. The summed E-state index contributed by atoms with van der Waals surface area (Å²) in [6, 6.07) is 0. The monoisotopic (exact) mass is 438 g/mol. The zero-order chi connectivity index (χ0) is 23.4. The molecule has 0 aromatic heterocycles. The first kappa shape index (κ1) is 27.6. The molecule has 0 bridgehead atoms. The molecule has 1 rings (SSSR count).